The first-order chi connectivity index (χ1) is 13.8. The number of pyridine rings is 1. The Morgan fingerprint density at radius 1 is 1.07 bits per heavy atom. The minimum atomic E-state index is 0.466. The van der Waals surface area contributed by atoms with Gasteiger partial charge in [0.2, 0.25) is 5.88 Å². The molecule has 7 nitrogen and oxygen atoms in total. The zero-order valence-electron chi connectivity index (χ0n) is 15.7. The Hall–Kier alpha value is -3.14. The van der Waals surface area contributed by atoms with E-state index in [0.717, 1.165) is 43.1 Å². The summed E-state index contributed by atoms with van der Waals surface area (Å²) in [4.78, 5) is 11.3. The van der Waals surface area contributed by atoms with Gasteiger partial charge in [-0.25, -0.2) is 14.5 Å². The summed E-state index contributed by atoms with van der Waals surface area (Å²) in [7, 11) is 0. The molecule has 3 aromatic rings. The highest BCUT2D eigenvalue weighted by atomic mass is 16.5. The van der Waals surface area contributed by atoms with Crippen molar-refractivity contribution in [2.24, 2.45) is 5.92 Å². The summed E-state index contributed by atoms with van der Waals surface area (Å²) in [5.41, 5.74) is 2.49. The Morgan fingerprint density at radius 2 is 1.93 bits per heavy atom. The van der Waals surface area contributed by atoms with Crippen LogP contribution in [0.5, 0.6) is 5.88 Å². The molecule has 0 atom stereocenters. The van der Waals surface area contributed by atoms with E-state index in [4.69, 9.17) is 10.00 Å². The summed E-state index contributed by atoms with van der Waals surface area (Å²) in [6.45, 7) is 2.52. The van der Waals surface area contributed by atoms with E-state index in [-0.39, 0.29) is 0 Å². The second kappa shape index (κ2) is 7.12. The fourth-order valence-electron chi connectivity index (χ4n) is 3.73. The fourth-order valence-corrected chi connectivity index (χ4v) is 3.73. The van der Waals surface area contributed by atoms with E-state index in [1.807, 2.05) is 35.0 Å². The Balaban J connectivity index is 1.17. The zero-order chi connectivity index (χ0) is 18.9. The molecule has 3 aromatic heterocycles. The molecule has 0 spiro atoms. The van der Waals surface area contributed by atoms with Crippen molar-refractivity contribution < 1.29 is 4.74 Å². The van der Waals surface area contributed by atoms with Gasteiger partial charge in [-0.15, -0.1) is 5.10 Å². The summed E-state index contributed by atoms with van der Waals surface area (Å²) in [5, 5.41) is 13.6. The van der Waals surface area contributed by atoms with Gasteiger partial charge < -0.3 is 9.64 Å². The van der Waals surface area contributed by atoms with Crippen molar-refractivity contribution in [2.75, 3.05) is 24.6 Å². The largest absolute Gasteiger partial charge is 0.476 e. The number of imidazole rings is 1. The van der Waals surface area contributed by atoms with Crippen LogP contribution < -0.4 is 9.64 Å². The van der Waals surface area contributed by atoms with Gasteiger partial charge in [0.25, 0.3) is 0 Å². The number of hydrogen-bond acceptors (Lipinski definition) is 6. The quantitative estimate of drug-likeness (QED) is 0.682. The van der Waals surface area contributed by atoms with E-state index in [1.165, 1.54) is 12.8 Å². The van der Waals surface area contributed by atoms with Crippen molar-refractivity contribution in [2.45, 2.75) is 31.6 Å². The van der Waals surface area contributed by atoms with Gasteiger partial charge in [-0.2, -0.15) is 5.26 Å². The molecule has 4 heterocycles. The zero-order valence-corrected chi connectivity index (χ0v) is 15.7. The molecule has 7 heteroatoms. The smallest absolute Gasteiger partial charge is 0.231 e. The molecule has 0 bridgehead atoms. The number of fused-ring (bicyclic) bond motifs is 1. The van der Waals surface area contributed by atoms with Crippen molar-refractivity contribution in [3.05, 3.63) is 47.9 Å². The summed E-state index contributed by atoms with van der Waals surface area (Å²) in [6, 6.07) is 11.6. The Morgan fingerprint density at radius 3 is 2.71 bits per heavy atom. The first kappa shape index (κ1) is 17.0. The van der Waals surface area contributed by atoms with Gasteiger partial charge in [-0.1, -0.05) is 6.07 Å². The van der Waals surface area contributed by atoms with E-state index in [1.54, 1.807) is 6.07 Å². The maximum Gasteiger partial charge on any atom is 0.231 e. The minimum Gasteiger partial charge on any atom is -0.476 e. The second-order valence-corrected chi connectivity index (χ2v) is 7.65. The van der Waals surface area contributed by atoms with Crippen LogP contribution >= 0.6 is 0 Å². The second-order valence-electron chi connectivity index (χ2n) is 7.65. The predicted molar refractivity (Wildman–Crippen MR) is 104 cm³/mol. The normalized spacial score (nSPS) is 17.6. The van der Waals surface area contributed by atoms with E-state index in [9.17, 15) is 0 Å². The lowest BCUT2D eigenvalue weighted by molar-refractivity contribution is 0.213. The van der Waals surface area contributed by atoms with Gasteiger partial charge in [0.15, 0.2) is 5.65 Å². The first-order valence-corrected chi connectivity index (χ1v) is 9.90. The Labute approximate surface area is 163 Å². The molecule has 28 heavy (non-hydrogen) atoms. The number of aromatic nitrogens is 4. The number of rotatable bonds is 5. The molecule has 1 aliphatic carbocycles. The molecule has 0 aromatic carbocycles. The Bertz CT molecular complexity index is 1030. The number of nitrogens with zero attached hydrogens (tertiary/aromatic N) is 6. The predicted octanol–water partition coefficient (Wildman–Crippen LogP) is 3.17. The molecule has 0 radical (unpaired) electrons. The Kier molecular flexibility index (Phi) is 4.32. The molecule has 0 N–H and O–H groups in total. The van der Waals surface area contributed by atoms with Crippen molar-refractivity contribution in [3.8, 4) is 11.9 Å². The van der Waals surface area contributed by atoms with Crippen LogP contribution in [0.25, 0.3) is 5.65 Å². The van der Waals surface area contributed by atoms with Crippen LogP contribution in [0.2, 0.25) is 0 Å². The van der Waals surface area contributed by atoms with Gasteiger partial charge in [-0.05, 0) is 49.8 Å². The van der Waals surface area contributed by atoms with E-state index in [2.05, 4.69) is 26.0 Å². The summed E-state index contributed by atoms with van der Waals surface area (Å²) in [5.74, 6) is 2.66. The van der Waals surface area contributed by atoms with Crippen LogP contribution in [-0.4, -0.2) is 39.3 Å². The van der Waals surface area contributed by atoms with Crippen LogP contribution in [-0.2, 0) is 0 Å². The van der Waals surface area contributed by atoms with Crippen molar-refractivity contribution in [3.63, 3.8) is 0 Å². The summed E-state index contributed by atoms with van der Waals surface area (Å²) in [6.07, 6.45) is 6.58. The number of anilines is 1. The number of nitriles is 1. The average molecular weight is 374 g/mol. The van der Waals surface area contributed by atoms with Gasteiger partial charge in [0, 0.05) is 25.1 Å². The van der Waals surface area contributed by atoms with Gasteiger partial charge in [0.05, 0.1) is 18.5 Å². The molecule has 1 saturated heterocycles. The monoisotopic (exact) mass is 374 g/mol. The van der Waals surface area contributed by atoms with Crippen LogP contribution in [0, 0.1) is 17.2 Å². The molecule has 1 aliphatic heterocycles. The third-order valence-electron chi connectivity index (χ3n) is 5.56. The first-order valence-electron chi connectivity index (χ1n) is 9.90. The molecular weight excluding hydrogens is 352 g/mol. The maximum atomic E-state index is 9.02. The number of hydrogen-bond donors (Lipinski definition) is 0. The van der Waals surface area contributed by atoms with Crippen LogP contribution in [0.4, 0.5) is 5.82 Å². The highest BCUT2D eigenvalue weighted by molar-refractivity contribution is 5.42. The highest BCUT2D eigenvalue weighted by Crippen LogP contribution is 2.39. The third-order valence-corrected chi connectivity index (χ3v) is 5.56. The molecular formula is C21H22N6O. The number of piperidine rings is 1. The summed E-state index contributed by atoms with van der Waals surface area (Å²) < 4.78 is 7.81. The molecule has 2 aliphatic rings. The van der Waals surface area contributed by atoms with E-state index >= 15 is 0 Å². The lowest BCUT2D eigenvalue weighted by Crippen LogP contribution is -2.36. The minimum absolute atomic E-state index is 0.466. The topological polar surface area (TPSA) is 79.3 Å². The molecule has 0 amide bonds. The van der Waals surface area contributed by atoms with Crippen LogP contribution in [0.3, 0.4) is 0 Å². The molecule has 5 rings (SSSR count). The number of ether oxygens (including phenoxy) is 1. The highest BCUT2D eigenvalue weighted by Gasteiger charge is 2.26. The average Bonchev–Trinajstić information content (AvgIpc) is 3.52. The van der Waals surface area contributed by atoms with Crippen LogP contribution in [0.15, 0.2) is 36.5 Å². The van der Waals surface area contributed by atoms with Gasteiger partial charge in [-0.3, -0.25) is 0 Å². The van der Waals surface area contributed by atoms with E-state index < -0.39 is 0 Å². The van der Waals surface area contributed by atoms with Crippen LogP contribution in [0.1, 0.15) is 43.0 Å². The standard InChI is InChI=1S/C21H22N6O/c22-12-17-2-1-3-19(23-17)26-10-8-15(9-11-26)14-28-21-7-6-20-24-18(16-4-5-16)13-27(20)25-21/h1-3,6-7,13,15-16H,4-5,8-11,14H2. The lowest BCUT2D eigenvalue weighted by Gasteiger charge is -2.32. The molecule has 1 saturated carbocycles. The lowest BCUT2D eigenvalue weighted by atomic mass is 9.98. The van der Waals surface area contributed by atoms with Crippen molar-refractivity contribution >= 4 is 11.5 Å². The molecule has 142 valence electrons. The molecule has 0 unspecified atom stereocenters. The maximum absolute atomic E-state index is 9.02. The van der Waals surface area contributed by atoms with E-state index in [0.29, 0.717) is 30.0 Å². The summed E-state index contributed by atoms with van der Waals surface area (Å²) >= 11 is 0. The third kappa shape index (κ3) is 3.50. The SMILES string of the molecule is N#Cc1cccc(N2CCC(COc3ccc4nc(C5CC5)cn4n3)CC2)n1. The van der Waals surface area contributed by atoms with Gasteiger partial charge >= 0.3 is 0 Å². The van der Waals surface area contributed by atoms with Gasteiger partial charge in [0.1, 0.15) is 17.6 Å². The van der Waals surface area contributed by atoms with Crippen molar-refractivity contribution in [1.82, 2.24) is 19.6 Å². The molecule has 2 fully saturated rings. The fraction of sp³-hybridized carbons (Fsp3) is 0.429. The van der Waals surface area contributed by atoms with Crippen molar-refractivity contribution in [1.29, 1.82) is 5.26 Å².